The molecule has 2 rings (SSSR count). The number of ether oxygens (including phenoxy) is 1. The second-order valence-electron chi connectivity index (χ2n) is 4.77. The maximum atomic E-state index is 6.11. The van der Waals surface area contributed by atoms with E-state index in [2.05, 4.69) is 24.0 Å². The molecule has 96 valence electrons. The lowest BCUT2D eigenvalue weighted by Crippen LogP contribution is -2.39. The molecule has 0 spiro atoms. The van der Waals surface area contributed by atoms with Crippen LogP contribution < -0.4 is 0 Å². The molecule has 0 aromatic carbocycles. The van der Waals surface area contributed by atoms with Crippen molar-refractivity contribution in [3.8, 4) is 0 Å². The van der Waals surface area contributed by atoms with Crippen LogP contribution in [0.5, 0.6) is 0 Å². The number of hydrogen-bond acceptors (Lipinski definition) is 3. The third kappa shape index (κ3) is 2.33. The van der Waals surface area contributed by atoms with Crippen molar-refractivity contribution in [3.05, 3.63) is 11.1 Å². The van der Waals surface area contributed by atoms with Gasteiger partial charge in [0.1, 0.15) is 5.82 Å². The molecule has 4 nitrogen and oxygen atoms in total. The molecule has 0 N–H and O–H groups in total. The lowest BCUT2D eigenvalue weighted by Gasteiger charge is -2.40. The monoisotopic (exact) mass is 257 g/mol. The molecule has 17 heavy (non-hydrogen) atoms. The first kappa shape index (κ1) is 12.8. The Hall–Kier alpha value is -0.610. The Balaban J connectivity index is 2.23. The Morgan fingerprint density at radius 1 is 1.41 bits per heavy atom. The van der Waals surface area contributed by atoms with Crippen molar-refractivity contribution in [3.63, 3.8) is 0 Å². The molecule has 0 saturated carbocycles. The standard InChI is InChI=1S/C12H20ClN3O/c1-4-12(5-2)8-10(6-7-17-12)16-9(3)14-15-11(16)13/h10H,4-8H2,1-3H3. The van der Waals surface area contributed by atoms with Crippen molar-refractivity contribution in [2.45, 2.75) is 58.1 Å². The average molecular weight is 258 g/mol. The van der Waals surface area contributed by atoms with Crippen molar-refractivity contribution < 1.29 is 4.74 Å². The van der Waals surface area contributed by atoms with E-state index in [9.17, 15) is 0 Å². The van der Waals surface area contributed by atoms with E-state index in [0.29, 0.717) is 11.3 Å². The van der Waals surface area contributed by atoms with E-state index in [1.807, 2.05) is 11.5 Å². The minimum Gasteiger partial charge on any atom is -0.375 e. The lowest BCUT2D eigenvalue weighted by molar-refractivity contribution is -0.0989. The quantitative estimate of drug-likeness (QED) is 0.835. The Labute approximate surface area is 107 Å². The maximum Gasteiger partial charge on any atom is 0.225 e. The molecule has 1 atom stereocenters. The molecule has 1 aromatic rings. The molecule has 1 aliphatic rings. The summed E-state index contributed by atoms with van der Waals surface area (Å²) >= 11 is 6.11. The Kier molecular flexibility index (Phi) is 3.73. The van der Waals surface area contributed by atoms with Crippen LogP contribution in [-0.2, 0) is 4.74 Å². The van der Waals surface area contributed by atoms with Gasteiger partial charge in [-0.2, -0.15) is 0 Å². The van der Waals surface area contributed by atoms with Gasteiger partial charge in [0.2, 0.25) is 5.28 Å². The average Bonchev–Trinajstić information content (AvgIpc) is 2.69. The Morgan fingerprint density at radius 3 is 2.65 bits per heavy atom. The number of nitrogens with zero attached hydrogens (tertiary/aromatic N) is 3. The summed E-state index contributed by atoms with van der Waals surface area (Å²) in [5.74, 6) is 0.892. The van der Waals surface area contributed by atoms with Gasteiger partial charge < -0.3 is 4.74 Å². The predicted molar refractivity (Wildman–Crippen MR) is 67.3 cm³/mol. The first-order valence-electron chi connectivity index (χ1n) is 6.33. The number of halogens is 1. The van der Waals surface area contributed by atoms with Crippen molar-refractivity contribution >= 4 is 11.6 Å². The van der Waals surface area contributed by atoms with E-state index in [4.69, 9.17) is 16.3 Å². The Bertz CT molecular complexity index is 368. The summed E-state index contributed by atoms with van der Waals surface area (Å²) in [5.41, 5.74) is 0.00293. The number of aromatic nitrogens is 3. The second-order valence-corrected chi connectivity index (χ2v) is 5.11. The van der Waals surface area contributed by atoms with E-state index in [1.165, 1.54) is 0 Å². The highest BCUT2D eigenvalue weighted by Crippen LogP contribution is 2.38. The van der Waals surface area contributed by atoms with Gasteiger partial charge >= 0.3 is 0 Å². The van der Waals surface area contributed by atoms with Crippen LogP contribution in [0.1, 0.15) is 51.4 Å². The van der Waals surface area contributed by atoms with Gasteiger partial charge in [-0.3, -0.25) is 4.57 Å². The summed E-state index contributed by atoms with van der Waals surface area (Å²) in [6.45, 7) is 7.12. The molecular formula is C12H20ClN3O. The zero-order valence-electron chi connectivity index (χ0n) is 10.7. The molecule has 1 aliphatic heterocycles. The van der Waals surface area contributed by atoms with Crippen molar-refractivity contribution in [1.82, 2.24) is 14.8 Å². The van der Waals surface area contributed by atoms with Gasteiger partial charge in [0, 0.05) is 12.6 Å². The Morgan fingerprint density at radius 2 is 2.12 bits per heavy atom. The van der Waals surface area contributed by atoms with Crippen LogP contribution in [0.2, 0.25) is 5.28 Å². The summed E-state index contributed by atoms with van der Waals surface area (Å²) in [7, 11) is 0. The number of rotatable bonds is 3. The molecule has 0 amide bonds. The zero-order chi connectivity index (χ0) is 12.5. The van der Waals surface area contributed by atoms with Crippen LogP contribution in [0.15, 0.2) is 0 Å². The molecular weight excluding hydrogens is 238 g/mol. The zero-order valence-corrected chi connectivity index (χ0v) is 11.5. The van der Waals surface area contributed by atoms with Gasteiger partial charge in [0.25, 0.3) is 0 Å². The molecule has 1 fully saturated rings. The van der Waals surface area contributed by atoms with Crippen molar-refractivity contribution in [2.24, 2.45) is 0 Å². The second kappa shape index (κ2) is 4.94. The molecule has 0 aliphatic carbocycles. The summed E-state index contributed by atoms with van der Waals surface area (Å²) in [4.78, 5) is 0. The predicted octanol–water partition coefficient (Wildman–Crippen LogP) is 3.15. The fourth-order valence-electron chi connectivity index (χ4n) is 2.72. The topological polar surface area (TPSA) is 39.9 Å². The van der Waals surface area contributed by atoms with Gasteiger partial charge in [0.05, 0.1) is 5.60 Å². The first-order chi connectivity index (χ1) is 8.12. The van der Waals surface area contributed by atoms with Crippen LogP contribution >= 0.6 is 11.6 Å². The third-order valence-corrected chi connectivity index (χ3v) is 4.20. The van der Waals surface area contributed by atoms with E-state index in [0.717, 1.165) is 38.1 Å². The van der Waals surface area contributed by atoms with Crippen LogP contribution in [0, 0.1) is 6.92 Å². The van der Waals surface area contributed by atoms with Gasteiger partial charge in [-0.25, -0.2) is 0 Å². The number of aryl methyl sites for hydroxylation is 1. The fourth-order valence-corrected chi connectivity index (χ4v) is 3.02. The van der Waals surface area contributed by atoms with Gasteiger partial charge in [0.15, 0.2) is 0 Å². The molecule has 0 bridgehead atoms. The molecule has 5 heteroatoms. The van der Waals surface area contributed by atoms with E-state index in [1.54, 1.807) is 0 Å². The third-order valence-electron chi connectivity index (χ3n) is 3.95. The van der Waals surface area contributed by atoms with E-state index in [-0.39, 0.29) is 5.60 Å². The number of hydrogen-bond donors (Lipinski definition) is 0. The van der Waals surface area contributed by atoms with Crippen LogP contribution in [0.3, 0.4) is 0 Å². The van der Waals surface area contributed by atoms with E-state index >= 15 is 0 Å². The molecule has 0 radical (unpaired) electrons. The van der Waals surface area contributed by atoms with Gasteiger partial charge in [-0.05, 0) is 44.2 Å². The summed E-state index contributed by atoms with van der Waals surface area (Å²) in [5, 5.41) is 8.46. The van der Waals surface area contributed by atoms with Crippen molar-refractivity contribution in [1.29, 1.82) is 0 Å². The highest BCUT2D eigenvalue weighted by atomic mass is 35.5. The molecule has 1 aromatic heterocycles. The minimum absolute atomic E-state index is 0.00293. The van der Waals surface area contributed by atoms with Crippen LogP contribution in [0.4, 0.5) is 0 Å². The summed E-state index contributed by atoms with van der Waals surface area (Å²) < 4.78 is 8.02. The van der Waals surface area contributed by atoms with Crippen LogP contribution in [0.25, 0.3) is 0 Å². The summed E-state index contributed by atoms with van der Waals surface area (Å²) in [6, 6.07) is 0.367. The van der Waals surface area contributed by atoms with Gasteiger partial charge in [-0.1, -0.05) is 13.8 Å². The highest BCUT2D eigenvalue weighted by molar-refractivity contribution is 6.28. The molecule has 2 heterocycles. The molecule has 1 unspecified atom stereocenters. The largest absolute Gasteiger partial charge is 0.375 e. The fraction of sp³-hybridized carbons (Fsp3) is 0.833. The first-order valence-corrected chi connectivity index (χ1v) is 6.70. The van der Waals surface area contributed by atoms with Gasteiger partial charge in [-0.15, -0.1) is 10.2 Å². The SMILES string of the molecule is CCC1(CC)CC(n2c(C)nnc2Cl)CCO1. The maximum absolute atomic E-state index is 6.11. The minimum atomic E-state index is 0.00293. The smallest absolute Gasteiger partial charge is 0.225 e. The van der Waals surface area contributed by atoms with E-state index < -0.39 is 0 Å². The van der Waals surface area contributed by atoms with Crippen molar-refractivity contribution in [2.75, 3.05) is 6.61 Å². The summed E-state index contributed by atoms with van der Waals surface area (Å²) in [6.07, 6.45) is 4.07. The normalized spacial score (nSPS) is 23.9. The lowest BCUT2D eigenvalue weighted by atomic mass is 9.86. The highest BCUT2D eigenvalue weighted by Gasteiger charge is 2.36. The van der Waals surface area contributed by atoms with Crippen LogP contribution in [-0.4, -0.2) is 27.0 Å². The molecule has 1 saturated heterocycles.